The zero-order chi connectivity index (χ0) is 25.8. The smallest absolute Gasteiger partial charge is 0.170 e. The molecule has 8 heteroatoms. The molecule has 0 radical (unpaired) electrons. The number of hydrogen-bond acceptors (Lipinski definition) is 7. The zero-order valence-electron chi connectivity index (χ0n) is 21.5. The number of nitrogens with zero attached hydrogens (tertiary/aromatic N) is 5. The summed E-state index contributed by atoms with van der Waals surface area (Å²) in [7, 11) is 1.63. The Morgan fingerprint density at radius 2 is 1.86 bits per heavy atom. The van der Waals surface area contributed by atoms with E-state index >= 15 is 0 Å². The SMILES string of the molecule is COc1ccc(-n2ncc(C(=O)Cc3ccc(C4(C#N)CCC(N5CCOCC5)CC4)nc3)c2C)cc1. The number of ether oxygens (including phenoxy) is 2. The quantitative estimate of drug-likeness (QED) is 0.453. The number of morpholine rings is 1. The van der Waals surface area contributed by atoms with Gasteiger partial charge in [-0.1, -0.05) is 6.07 Å². The van der Waals surface area contributed by atoms with Gasteiger partial charge in [0.2, 0.25) is 0 Å². The molecule has 0 bridgehead atoms. The van der Waals surface area contributed by atoms with Gasteiger partial charge in [0.05, 0.1) is 60.6 Å². The van der Waals surface area contributed by atoms with E-state index in [9.17, 15) is 10.1 Å². The van der Waals surface area contributed by atoms with Gasteiger partial charge in [-0.25, -0.2) is 4.68 Å². The van der Waals surface area contributed by atoms with Crippen molar-refractivity contribution in [2.75, 3.05) is 33.4 Å². The van der Waals surface area contributed by atoms with Gasteiger partial charge in [-0.2, -0.15) is 10.4 Å². The highest BCUT2D eigenvalue weighted by molar-refractivity contribution is 5.98. The Bertz CT molecular complexity index is 1260. The lowest BCUT2D eigenvalue weighted by molar-refractivity contribution is 0.00493. The summed E-state index contributed by atoms with van der Waals surface area (Å²) in [5.41, 5.74) is 3.35. The maximum absolute atomic E-state index is 13.1. The number of ketones is 1. The first kappa shape index (κ1) is 25.1. The number of nitriles is 1. The molecule has 1 aromatic carbocycles. The number of hydrogen-bond donors (Lipinski definition) is 0. The summed E-state index contributed by atoms with van der Waals surface area (Å²) in [6.07, 6.45) is 7.22. The normalized spacial score (nSPS) is 22.4. The van der Waals surface area contributed by atoms with Gasteiger partial charge < -0.3 is 9.47 Å². The molecule has 0 spiro atoms. The van der Waals surface area contributed by atoms with Crippen LogP contribution in [-0.2, 0) is 16.6 Å². The Balaban J connectivity index is 1.24. The first-order chi connectivity index (χ1) is 18.0. The van der Waals surface area contributed by atoms with E-state index in [4.69, 9.17) is 9.47 Å². The van der Waals surface area contributed by atoms with Crippen molar-refractivity contribution in [1.82, 2.24) is 19.7 Å². The average Bonchev–Trinajstić information content (AvgIpc) is 3.35. The van der Waals surface area contributed by atoms with E-state index in [1.54, 1.807) is 24.2 Å². The van der Waals surface area contributed by atoms with Crippen LogP contribution in [0.25, 0.3) is 5.69 Å². The fourth-order valence-electron chi connectivity index (χ4n) is 5.59. The van der Waals surface area contributed by atoms with Crippen LogP contribution < -0.4 is 4.74 Å². The van der Waals surface area contributed by atoms with Crippen molar-refractivity contribution >= 4 is 5.78 Å². The largest absolute Gasteiger partial charge is 0.497 e. The number of benzene rings is 1. The maximum atomic E-state index is 13.1. The van der Waals surface area contributed by atoms with Crippen molar-refractivity contribution in [2.24, 2.45) is 0 Å². The van der Waals surface area contributed by atoms with Crippen LogP contribution in [0.15, 0.2) is 48.8 Å². The minimum absolute atomic E-state index is 0.00664. The number of Topliss-reactive ketones (excluding diaryl/α,β-unsaturated/α-hetero) is 1. The molecule has 8 nitrogen and oxygen atoms in total. The molecule has 2 fully saturated rings. The molecule has 1 aliphatic heterocycles. The monoisotopic (exact) mass is 499 g/mol. The predicted octanol–water partition coefficient (Wildman–Crippen LogP) is 4.05. The summed E-state index contributed by atoms with van der Waals surface area (Å²) in [5, 5.41) is 14.5. The van der Waals surface area contributed by atoms with Crippen LogP contribution in [0.3, 0.4) is 0 Å². The van der Waals surface area contributed by atoms with E-state index in [2.05, 4.69) is 21.1 Å². The summed E-state index contributed by atoms with van der Waals surface area (Å²) in [6, 6.07) is 14.5. The van der Waals surface area contributed by atoms with E-state index in [1.807, 2.05) is 43.3 Å². The maximum Gasteiger partial charge on any atom is 0.170 e. The van der Waals surface area contributed by atoms with Crippen LogP contribution in [0.1, 0.15) is 53.0 Å². The summed E-state index contributed by atoms with van der Waals surface area (Å²) in [4.78, 5) is 20.3. The molecule has 0 atom stereocenters. The molecule has 1 saturated carbocycles. The third kappa shape index (κ3) is 5.15. The lowest BCUT2D eigenvalue weighted by Crippen LogP contribution is -2.47. The second-order valence-electron chi connectivity index (χ2n) is 9.98. The topological polar surface area (TPSA) is 93.3 Å². The van der Waals surface area contributed by atoms with Gasteiger partial charge in [0.1, 0.15) is 5.75 Å². The zero-order valence-corrected chi connectivity index (χ0v) is 21.5. The Morgan fingerprint density at radius 3 is 2.49 bits per heavy atom. The number of carbonyl (C=O) groups excluding carboxylic acids is 1. The van der Waals surface area contributed by atoms with E-state index in [0.29, 0.717) is 11.6 Å². The highest BCUT2D eigenvalue weighted by Crippen LogP contribution is 2.39. The molecule has 192 valence electrons. The molecule has 5 rings (SSSR count). The van der Waals surface area contributed by atoms with Crippen LogP contribution in [0.2, 0.25) is 0 Å². The van der Waals surface area contributed by atoms with Crippen LogP contribution >= 0.6 is 0 Å². The summed E-state index contributed by atoms with van der Waals surface area (Å²) >= 11 is 0. The van der Waals surface area contributed by atoms with Gasteiger partial charge in [-0.15, -0.1) is 0 Å². The number of rotatable bonds is 7. The van der Waals surface area contributed by atoms with Crippen LogP contribution in [0.4, 0.5) is 0 Å². The molecule has 37 heavy (non-hydrogen) atoms. The third-order valence-electron chi connectivity index (χ3n) is 7.89. The summed E-state index contributed by atoms with van der Waals surface area (Å²) in [6.45, 7) is 5.44. The Morgan fingerprint density at radius 1 is 1.14 bits per heavy atom. The highest BCUT2D eigenvalue weighted by atomic mass is 16.5. The molecule has 3 heterocycles. The molecular weight excluding hydrogens is 466 g/mol. The minimum Gasteiger partial charge on any atom is -0.497 e. The Hall–Kier alpha value is -3.54. The summed E-state index contributed by atoms with van der Waals surface area (Å²) in [5.74, 6) is 0.761. The number of aromatic nitrogens is 3. The number of pyridine rings is 1. The van der Waals surface area contributed by atoms with Crippen LogP contribution in [-0.4, -0.2) is 64.9 Å². The second-order valence-corrected chi connectivity index (χ2v) is 9.98. The molecule has 0 N–H and O–H groups in total. The van der Waals surface area contributed by atoms with Gasteiger partial charge in [-0.3, -0.25) is 14.7 Å². The standard InChI is InChI=1S/C29H33N5O3/c1-21-26(19-32-34(21)24-4-6-25(36-2)7-5-24)27(35)17-22-3-8-28(31-18-22)29(20-30)11-9-23(10-12-29)33-13-15-37-16-14-33/h3-8,18-19,23H,9-17H2,1-2H3. The molecular formula is C29H33N5O3. The van der Waals surface area contributed by atoms with Gasteiger partial charge in [0, 0.05) is 31.7 Å². The van der Waals surface area contributed by atoms with Crippen molar-refractivity contribution in [3.63, 3.8) is 0 Å². The van der Waals surface area contributed by atoms with E-state index in [1.165, 1.54) is 0 Å². The average molecular weight is 500 g/mol. The van der Waals surface area contributed by atoms with Gasteiger partial charge >= 0.3 is 0 Å². The van der Waals surface area contributed by atoms with Crippen molar-refractivity contribution in [3.05, 3.63) is 71.3 Å². The van der Waals surface area contributed by atoms with Gasteiger partial charge in [0.25, 0.3) is 0 Å². The van der Waals surface area contributed by atoms with Crippen molar-refractivity contribution in [2.45, 2.75) is 50.5 Å². The third-order valence-corrected chi connectivity index (χ3v) is 7.89. The molecule has 0 unspecified atom stereocenters. The van der Waals surface area contributed by atoms with Crippen LogP contribution in [0, 0.1) is 18.3 Å². The number of methoxy groups -OCH3 is 1. The molecule has 3 aromatic rings. The molecule has 2 aromatic heterocycles. The van der Waals surface area contributed by atoms with Crippen molar-refractivity contribution in [3.8, 4) is 17.5 Å². The van der Waals surface area contributed by atoms with Gasteiger partial charge in [0.15, 0.2) is 5.78 Å². The fraction of sp³-hybridized carbons (Fsp3) is 0.448. The van der Waals surface area contributed by atoms with Crippen molar-refractivity contribution in [1.29, 1.82) is 5.26 Å². The summed E-state index contributed by atoms with van der Waals surface area (Å²) < 4.78 is 12.5. The van der Waals surface area contributed by atoms with E-state index in [-0.39, 0.29) is 12.2 Å². The first-order valence-corrected chi connectivity index (χ1v) is 12.9. The number of carbonyl (C=O) groups is 1. The molecule has 0 amide bonds. The Labute approximate surface area is 217 Å². The van der Waals surface area contributed by atoms with Crippen molar-refractivity contribution < 1.29 is 14.3 Å². The van der Waals surface area contributed by atoms with E-state index < -0.39 is 5.41 Å². The predicted molar refractivity (Wildman–Crippen MR) is 139 cm³/mol. The molecule has 1 saturated heterocycles. The first-order valence-electron chi connectivity index (χ1n) is 12.9. The minimum atomic E-state index is -0.554. The van der Waals surface area contributed by atoms with Crippen LogP contribution in [0.5, 0.6) is 5.75 Å². The molecule has 2 aliphatic rings. The highest BCUT2D eigenvalue weighted by Gasteiger charge is 2.40. The second kappa shape index (κ2) is 10.8. The lowest BCUT2D eigenvalue weighted by Gasteiger charge is -2.41. The van der Waals surface area contributed by atoms with E-state index in [0.717, 1.165) is 80.4 Å². The lowest BCUT2D eigenvalue weighted by atomic mass is 9.71. The molecule has 1 aliphatic carbocycles. The Kier molecular flexibility index (Phi) is 7.36. The van der Waals surface area contributed by atoms with Gasteiger partial charge in [-0.05, 0) is 68.5 Å². The fourth-order valence-corrected chi connectivity index (χ4v) is 5.59.